The number of amides is 2. The van der Waals surface area contributed by atoms with Gasteiger partial charge in [0.25, 0.3) is 0 Å². The van der Waals surface area contributed by atoms with Crippen LogP contribution in [0.15, 0.2) is 47.4 Å². The van der Waals surface area contributed by atoms with Crippen molar-refractivity contribution in [2.75, 3.05) is 19.6 Å². The number of benzene rings is 2. The van der Waals surface area contributed by atoms with E-state index in [-0.39, 0.29) is 36.4 Å². The van der Waals surface area contributed by atoms with Crippen LogP contribution in [0.3, 0.4) is 0 Å². The lowest BCUT2D eigenvalue weighted by Crippen LogP contribution is -2.58. The van der Waals surface area contributed by atoms with Gasteiger partial charge in [-0.2, -0.15) is 4.31 Å². The topological polar surface area (TPSA) is 108 Å². The summed E-state index contributed by atoms with van der Waals surface area (Å²) in [6, 6.07) is 11.7. The van der Waals surface area contributed by atoms with E-state index in [1.165, 1.54) is 54.7 Å². The van der Waals surface area contributed by atoms with Gasteiger partial charge >= 0.3 is 0 Å². The molecule has 2 aromatic carbocycles. The number of sulfonamides is 1. The van der Waals surface area contributed by atoms with E-state index in [9.17, 15) is 18.0 Å². The predicted molar refractivity (Wildman–Crippen MR) is 146 cm³/mol. The summed E-state index contributed by atoms with van der Waals surface area (Å²) < 4.78 is 27.8. The Bertz CT molecular complexity index is 1280. The standard InChI is InChI=1S/C28H35ClN4O4S/c29-21-8-10-23(11-9-21)38(36,37)33-16-15-31-28(35)26(33)18-27(34)32-25-6-1-3-20-17-19(7-12-24(20)25)13-14-30-22-4-2-5-22/h7-12,17,22,25-26,30H,1-6,13-16,18H2,(H,31,35)(H,32,34)/t25-,26?/m1/s1. The summed E-state index contributed by atoms with van der Waals surface area (Å²) in [4.78, 5) is 25.9. The van der Waals surface area contributed by atoms with E-state index in [4.69, 9.17) is 11.6 Å². The van der Waals surface area contributed by atoms with E-state index < -0.39 is 22.0 Å². The van der Waals surface area contributed by atoms with Crippen LogP contribution < -0.4 is 16.0 Å². The molecule has 1 saturated heterocycles. The van der Waals surface area contributed by atoms with Crippen molar-refractivity contribution in [2.24, 2.45) is 0 Å². The molecule has 3 N–H and O–H groups in total. The molecule has 1 heterocycles. The fraction of sp³-hybridized carbons (Fsp3) is 0.500. The SMILES string of the molecule is O=C(CC1C(=O)NCCN1S(=O)(=O)c1ccc(Cl)cc1)N[C@@H]1CCCc2cc(CCNC3CCC3)ccc21. The van der Waals surface area contributed by atoms with Gasteiger partial charge in [0.05, 0.1) is 17.4 Å². The molecule has 38 heavy (non-hydrogen) atoms. The molecule has 2 aromatic rings. The fourth-order valence-corrected chi connectivity index (χ4v) is 7.27. The van der Waals surface area contributed by atoms with Crippen LogP contribution >= 0.6 is 11.6 Å². The summed E-state index contributed by atoms with van der Waals surface area (Å²) in [5.74, 6) is -0.803. The minimum Gasteiger partial charge on any atom is -0.353 e. The molecule has 8 nitrogen and oxygen atoms in total. The molecule has 0 aromatic heterocycles. The summed E-state index contributed by atoms with van der Waals surface area (Å²) in [6.45, 7) is 1.26. The van der Waals surface area contributed by atoms with E-state index >= 15 is 0 Å². The van der Waals surface area contributed by atoms with Gasteiger partial charge in [-0.25, -0.2) is 8.42 Å². The fourth-order valence-electron chi connectivity index (χ4n) is 5.55. The molecule has 2 atom stereocenters. The van der Waals surface area contributed by atoms with E-state index in [0.717, 1.165) is 42.1 Å². The molecule has 204 valence electrons. The van der Waals surface area contributed by atoms with Crippen molar-refractivity contribution in [3.63, 3.8) is 0 Å². The summed E-state index contributed by atoms with van der Waals surface area (Å²) in [5, 5.41) is 9.82. The Kier molecular flexibility index (Phi) is 8.38. The zero-order valence-corrected chi connectivity index (χ0v) is 23.0. The molecular weight excluding hydrogens is 524 g/mol. The Hall–Kier alpha value is -2.46. The highest BCUT2D eigenvalue weighted by molar-refractivity contribution is 7.89. The van der Waals surface area contributed by atoms with E-state index in [2.05, 4.69) is 34.1 Å². The summed E-state index contributed by atoms with van der Waals surface area (Å²) in [7, 11) is -3.98. The van der Waals surface area contributed by atoms with Gasteiger partial charge in [-0.05, 0) is 86.0 Å². The van der Waals surface area contributed by atoms with Crippen LogP contribution in [0.1, 0.15) is 61.3 Å². The smallest absolute Gasteiger partial charge is 0.243 e. The Balaban J connectivity index is 1.24. The Labute approximate surface area is 229 Å². The average Bonchev–Trinajstić information content (AvgIpc) is 2.87. The molecule has 10 heteroatoms. The number of fused-ring (bicyclic) bond motifs is 1. The monoisotopic (exact) mass is 558 g/mol. The van der Waals surface area contributed by atoms with Gasteiger partial charge in [0, 0.05) is 24.2 Å². The van der Waals surface area contributed by atoms with Gasteiger partial charge in [-0.3, -0.25) is 9.59 Å². The van der Waals surface area contributed by atoms with E-state index in [1.807, 2.05) is 0 Å². The number of hydrogen-bond acceptors (Lipinski definition) is 5. The Morgan fingerprint density at radius 2 is 1.87 bits per heavy atom. The van der Waals surface area contributed by atoms with E-state index in [1.54, 1.807) is 0 Å². The van der Waals surface area contributed by atoms with E-state index in [0.29, 0.717) is 11.1 Å². The highest BCUT2D eigenvalue weighted by Crippen LogP contribution is 2.31. The van der Waals surface area contributed by atoms with Gasteiger partial charge in [0.1, 0.15) is 6.04 Å². The normalized spacial score (nSPS) is 22.3. The molecule has 0 bridgehead atoms. The van der Waals surface area contributed by atoms with Gasteiger partial charge in [0.2, 0.25) is 21.8 Å². The van der Waals surface area contributed by atoms with Gasteiger partial charge in [-0.1, -0.05) is 36.2 Å². The molecule has 0 radical (unpaired) electrons. The lowest BCUT2D eigenvalue weighted by atomic mass is 9.86. The molecule has 2 aliphatic carbocycles. The zero-order chi connectivity index (χ0) is 26.7. The number of rotatable bonds is 9. The number of carbonyl (C=O) groups excluding carboxylic acids is 2. The number of nitrogens with one attached hydrogen (secondary N) is 3. The lowest BCUT2D eigenvalue weighted by molar-refractivity contribution is -0.132. The Morgan fingerprint density at radius 3 is 2.61 bits per heavy atom. The minimum absolute atomic E-state index is 0.0434. The second-order valence-electron chi connectivity index (χ2n) is 10.5. The highest BCUT2D eigenvalue weighted by Gasteiger charge is 2.40. The number of hydrogen-bond donors (Lipinski definition) is 3. The first-order valence-electron chi connectivity index (χ1n) is 13.5. The van der Waals surface area contributed by atoms with Crippen LogP contribution in [-0.4, -0.2) is 56.3 Å². The number of halogens is 1. The van der Waals surface area contributed by atoms with Crippen LogP contribution in [0.5, 0.6) is 0 Å². The van der Waals surface area contributed by atoms with Gasteiger partial charge < -0.3 is 16.0 Å². The van der Waals surface area contributed by atoms with Crippen LogP contribution in [0.25, 0.3) is 0 Å². The molecular formula is C28H35ClN4O4S. The summed E-state index contributed by atoms with van der Waals surface area (Å²) in [5.41, 5.74) is 3.66. The molecule has 0 spiro atoms. The molecule has 1 aliphatic heterocycles. The maximum atomic E-state index is 13.3. The van der Waals surface area contributed by atoms with Crippen molar-refractivity contribution < 1.29 is 18.0 Å². The van der Waals surface area contributed by atoms with Crippen molar-refractivity contribution in [1.82, 2.24) is 20.3 Å². The predicted octanol–water partition coefficient (Wildman–Crippen LogP) is 3.10. The molecule has 1 saturated carbocycles. The van der Waals surface area contributed by atoms with Crippen molar-refractivity contribution in [3.8, 4) is 0 Å². The van der Waals surface area contributed by atoms with Crippen LogP contribution in [0.2, 0.25) is 5.02 Å². The van der Waals surface area contributed by atoms with Crippen molar-refractivity contribution in [3.05, 3.63) is 64.2 Å². The number of piperazine rings is 1. The second-order valence-corrected chi connectivity index (χ2v) is 12.8. The minimum atomic E-state index is -3.98. The average molecular weight is 559 g/mol. The molecule has 3 aliphatic rings. The van der Waals surface area contributed by atoms with Gasteiger partial charge in [-0.15, -0.1) is 0 Å². The summed E-state index contributed by atoms with van der Waals surface area (Å²) in [6.07, 6.45) is 7.37. The Morgan fingerprint density at radius 1 is 1.08 bits per heavy atom. The van der Waals surface area contributed by atoms with Crippen molar-refractivity contribution in [1.29, 1.82) is 0 Å². The van der Waals surface area contributed by atoms with Crippen molar-refractivity contribution in [2.45, 2.75) is 74.4 Å². The number of carbonyl (C=O) groups is 2. The first kappa shape index (κ1) is 27.1. The van der Waals surface area contributed by atoms with Gasteiger partial charge in [0.15, 0.2) is 0 Å². The van der Waals surface area contributed by atoms with Crippen LogP contribution in [-0.2, 0) is 32.5 Å². The summed E-state index contributed by atoms with van der Waals surface area (Å²) >= 11 is 5.92. The third-order valence-electron chi connectivity index (χ3n) is 7.89. The molecule has 1 unspecified atom stereocenters. The van der Waals surface area contributed by atoms with Crippen LogP contribution in [0, 0.1) is 0 Å². The molecule has 5 rings (SSSR count). The second kappa shape index (κ2) is 11.7. The highest BCUT2D eigenvalue weighted by atomic mass is 35.5. The maximum absolute atomic E-state index is 13.3. The molecule has 2 amide bonds. The maximum Gasteiger partial charge on any atom is 0.243 e. The zero-order valence-electron chi connectivity index (χ0n) is 21.4. The third kappa shape index (κ3) is 6.06. The first-order chi connectivity index (χ1) is 18.3. The quantitative estimate of drug-likeness (QED) is 0.438. The first-order valence-corrected chi connectivity index (χ1v) is 15.3. The van der Waals surface area contributed by atoms with Crippen molar-refractivity contribution >= 4 is 33.4 Å². The molecule has 2 fully saturated rings. The van der Waals surface area contributed by atoms with Crippen LogP contribution in [0.4, 0.5) is 0 Å². The number of nitrogens with zero attached hydrogens (tertiary/aromatic N) is 1. The largest absolute Gasteiger partial charge is 0.353 e. The lowest BCUT2D eigenvalue weighted by Gasteiger charge is -2.34. The third-order valence-corrected chi connectivity index (χ3v) is 10.1. The number of aryl methyl sites for hydroxylation is 1.